The zero-order valence-corrected chi connectivity index (χ0v) is 11.0. The molecule has 21 heavy (non-hydrogen) atoms. The molecule has 0 heterocycles. The molecule has 0 saturated carbocycles. The van der Waals surface area contributed by atoms with Crippen LogP contribution in [0.5, 0.6) is 5.75 Å². The quantitative estimate of drug-likeness (QED) is 0.870. The van der Waals surface area contributed by atoms with Crippen LogP contribution in [0.1, 0.15) is 16.7 Å². The standard InChI is InChI=1S/C15H13F4NO/c16-13-7-11(8-20)3-6-14(13)21-9-10-1-4-12(5-2-10)15(17,18)19/h1-7H,8-9,20H2. The lowest BCUT2D eigenvalue weighted by molar-refractivity contribution is -0.137. The summed E-state index contributed by atoms with van der Waals surface area (Å²) in [5.74, 6) is -0.517. The molecule has 2 aromatic carbocycles. The first-order chi connectivity index (χ1) is 9.90. The van der Waals surface area contributed by atoms with Crippen LogP contribution in [-0.2, 0) is 19.3 Å². The highest BCUT2D eigenvalue weighted by Crippen LogP contribution is 2.29. The average Bonchev–Trinajstić information content (AvgIpc) is 2.45. The van der Waals surface area contributed by atoms with Crippen molar-refractivity contribution in [3.8, 4) is 5.75 Å². The molecule has 0 bridgehead atoms. The van der Waals surface area contributed by atoms with Gasteiger partial charge in [0.15, 0.2) is 11.6 Å². The lowest BCUT2D eigenvalue weighted by atomic mass is 10.1. The molecule has 6 heteroatoms. The minimum Gasteiger partial charge on any atom is -0.486 e. The summed E-state index contributed by atoms with van der Waals surface area (Å²) in [5, 5.41) is 0. The molecule has 0 aliphatic rings. The second-order valence-corrected chi connectivity index (χ2v) is 4.45. The molecule has 0 aromatic heterocycles. The molecule has 0 atom stereocenters. The van der Waals surface area contributed by atoms with Gasteiger partial charge >= 0.3 is 6.18 Å². The number of nitrogens with two attached hydrogens (primary N) is 1. The predicted octanol–water partition coefficient (Wildman–Crippen LogP) is 3.88. The Hall–Kier alpha value is -2.08. The zero-order valence-electron chi connectivity index (χ0n) is 11.0. The minimum atomic E-state index is -4.37. The van der Waals surface area contributed by atoms with Crippen LogP contribution in [0.2, 0.25) is 0 Å². The summed E-state index contributed by atoms with van der Waals surface area (Å²) in [6, 6.07) is 8.87. The van der Waals surface area contributed by atoms with Crippen LogP contribution >= 0.6 is 0 Å². The second kappa shape index (κ2) is 6.13. The third kappa shape index (κ3) is 3.95. The number of rotatable bonds is 4. The highest BCUT2D eigenvalue weighted by Gasteiger charge is 2.29. The van der Waals surface area contributed by atoms with E-state index in [9.17, 15) is 17.6 Å². The molecule has 2 N–H and O–H groups in total. The number of hydrogen-bond donors (Lipinski definition) is 1. The highest BCUT2D eigenvalue weighted by atomic mass is 19.4. The second-order valence-electron chi connectivity index (χ2n) is 4.45. The summed E-state index contributed by atoms with van der Waals surface area (Å²) >= 11 is 0. The number of benzene rings is 2. The van der Waals surface area contributed by atoms with Crippen molar-refractivity contribution >= 4 is 0 Å². The smallest absolute Gasteiger partial charge is 0.416 e. The Morgan fingerprint density at radius 3 is 2.10 bits per heavy atom. The van der Waals surface area contributed by atoms with Gasteiger partial charge in [0.2, 0.25) is 0 Å². The summed E-state index contributed by atoms with van der Waals surface area (Å²) in [6.07, 6.45) is -4.37. The lowest BCUT2D eigenvalue weighted by Crippen LogP contribution is -2.05. The van der Waals surface area contributed by atoms with Gasteiger partial charge in [-0.3, -0.25) is 0 Å². The molecule has 0 aliphatic heterocycles. The van der Waals surface area contributed by atoms with E-state index >= 15 is 0 Å². The Morgan fingerprint density at radius 2 is 1.57 bits per heavy atom. The third-order valence-corrected chi connectivity index (χ3v) is 2.91. The van der Waals surface area contributed by atoms with Gasteiger partial charge in [0.05, 0.1) is 5.56 Å². The first kappa shape index (κ1) is 15.3. The number of ether oxygens (including phenoxy) is 1. The summed E-state index contributed by atoms with van der Waals surface area (Å²) in [4.78, 5) is 0. The van der Waals surface area contributed by atoms with Crippen molar-refractivity contribution in [1.82, 2.24) is 0 Å². The van der Waals surface area contributed by atoms with E-state index in [1.807, 2.05) is 0 Å². The summed E-state index contributed by atoms with van der Waals surface area (Å²) in [6.45, 7) is 0.202. The highest BCUT2D eigenvalue weighted by molar-refractivity contribution is 5.30. The van der Waals surface area contributed by atoms with Crippen molar-refractivity contribution in [2.75, 3.05) is 0 Å². The molecule has 0 amide bonds. The fourth-order valence-corrected chi connectivity index (χ4v) is 1.74. The average molecular weight is 299 g/mol. The van der Waals surface area contributed by atoms with Crippen molar-refractivity contribution in [3.63, 3.8) is 0 Å². The van der Waals surface area contributed by atoms with Crippen LogP contribution in [0.4, 0.5) is 17.6 Å². The zero-order chi connectivity index (χ0) is 15.5. The van der Waals surface area contributed by atoms with Gasteiger partial charge in [0.1, 0.15) is 6.61 Å². The molecule has 0 unspecified atom stereocenters. The number of hydrogen-bond acceptors (Lipinski definition) is 2. The number of alkyl halides is 3. The van der Waals surface area contributed by atoms with E-state index < -0.39 is 17.6 Å². The van der Waals surface area contributed by atoms with E-state index in [1.165, 1.54) is 24.3 Å². The maximum atomic E-state index is 13.6. The predicted molar refractivity (Wildman–Crippen MR) is 70.1 cm³/mol. The lowest BCUT2D eigenvalue weighted by Gasteiger charge is -2.10. The van der Waals surface area contributed by atoms with Crippen molar-refractivity contribution in [2.45, 2.75) is 19.3 Å². The van der Waals surface area contributed by atoms with Crippen LogP contribution in [0.3, 0.4) is 0 Å². The molecule has 0 saturated heterocycles. The molecule has 0 fully saturated rings. The topological polar surface area (TPSA) is 35.2 Å². The van der Waals surface area contributed by atoms with Crippen molar-refractivity contribution in [3.05, 3.63) is 65.0 Å². The van der Waals surface area contributed by atoms with Crippen LogP contribution in [0.25, 0.3) is 0 Å². The maximum absolute atomic E-state index is 13.6. The van der Waals surface area contributed by atoms with E-state index in [4.69, 9.17) is 10.5 Å². The Bertz CT molecular complexity index is 608. The molecule has 2 nitrogen and oxygen atoms in total. The van der Waals surface area contributed by atoms with Gasteiger partial charge in [-0.2, -0.15) is 13.2 Å². The van der Waals surface area contributed by atoms with E-state index in [1.54, 1.807) is 6.07 Å². The summed E-state index contributed by atoms with van der Waals surface area (Å²) < 4.78 is 56.1. The van der Waals surface area contributed by atoms with Crippen LogP contribution in [0.15, 0.2) is 42.5 Å². The van der Waals surface area contributed by atoms with Crippen LogP contribution in [-0.4, -0.2) is 0 Å². The van der Waals surface area contributed by atoms with Gasteiger partial charge in [0, 0.05) is 6.54 Å². The first-order valence-electron chi connectivity index (χ1n) is 6.17. The van der Waals surface area contributed by atoms with Gasteiger partial charge in [-0.25, -0.2) is 4.39 Å². The molecule has 0 spiro atoms. The van der Waals surface area contributed by atoms with Gasteiger partial charge < -0.3 is 10.5 Å². The fraction of sp³-hybridized carbons (Fsp3) is 0.200. The number of halogens is 4. The van der Waals surface area contributed by atoms with Gasteiger partial charge in [-0.15, -0.1) is 0 Å². The largest absolute Gasteiger partial charge is 0.486 e. The third-order valence-electron chi connectivity index (χ3n) is 2.91. The fourth-order valence-electron chi connectivity index (χ4n) is 1.74. The molecule has 0 radical (unpaired) electrons. The van der Waals surface area contributed by atoms with E-state index in [0.717, 1.165) is 12.1 Å². The monoisotopic (exact) mass is 299 g/mol. The molecular formula is C15H13F4NO. The SMILES string of the molecule is NCc1ccc(OCc2ccc(C(F)(F)F)cc2)c(F)c1. The van der Waals surface area contributed by atoms with Crippen LogP contribution in [0, 0.1) is 5.82 Å². The molecule has 2 rings (SSSR count). The van der Waals surface area contributed by atoms with Crippen molar-refractivity contribution < 1.29 is 22.3 Å². The Kier molecular flexibility index (Phi) is 4.47. The van der Waals surface area contributed by atoms with Crippen molar-refractivity contribution in [2.24, 2.45) is 5.73 Å². The summed E-state index contributed by atoms with van der Waals surface area (Å²) in [5.41, 5.74) is 5.80. The Labute approximate surface area is 119 Å². The Morgan fingerprint density at radius 1 is 0.952 bits per heavy atom. The maximum Gasteiger partial charge on any atom is 0.416 e. The molecule has 112 valence electrons. The van der Waals surface area contributed by atoms with E-state index in [0.29, 0.717) is 11.1 Å². The van der Waals surface area contributed by atoms with Crippen molar-refractivity contribution in [1.29, 1.82) is 0 Å². The van der Waals surface area contributed by atoms with Crippen LogP contribution < -0.4 is 10.5 Å². The van der Waals surface area contributed by atoms with E-state index in [2.05, 4.69) is 0 Å². The normalized spacial score (nSPS) is 11.5. The first-order valence-corrected chi connectivity index (χ1v) is 6.17. The van der Waals surface area contributed by atoms with Gasteiger partial charge in [0.25, 0.3) is 0 Å². The van der Waals surface area contributed by atoms with E-state index in [-0.39, 0.29) is 18.9 Å². The van der Waals surface area contributed by atoms with Gasteiger partial charge in [-0.1, -0.05) is 18.2 Å². The molecule has 2 aromatic rings. The summed E-state index contributed by atoms with van der Waals surface area (Å²) in [7, 11) is 0. The minimum absolute atomic E-state index is 0.0168. The Balaban J connectivity index is 2.03. The molecule has 0 aliphatic carbocycles. The molecular weight excluding hydrogens is 286 g/mol. The van der Waals surface area contributed by atoms with Gasteiger partial charge in [-0.05, 0) is 35.4 Å².